The minimum Gasteiger partial charge on any atom is -0.461 e. The van der Waals surface area contributed by atoms with Gasteiger partial charge in [0.15, 0.2) is 0 Å². The molecule has 14 heavy (non-hydrogen) atoms. The van der Waals surface area contributed by atoms with Crippen molar-refractivity contribution in [1.82, 2.24) is 5.06 Å². The summed E-state index contributed by atoms with van der Waals surface area (Å²) in [6.45, 7) is 0.964. The van der Waals surface area contributed by atoms with Crippen LogP contribution in [0.3, 0.4) is 0 Å². The number of nitrogens with zero attached hydrogens (tertiary/aromatic N) is 1. The normalized spacial score (nSPS) is 27.3. The molecular weight excluding hydrogens is 186 g/mol. The molecule has 2 fully saturated rings. The van der Waals surface area contributed by atoms with Gasteiger partial charge < -0.3 is 9.57 Å². The number of esters is 1. The van der Waals surface area contributed by atoms with E-state index in [0.717, 1.165) is 19.3 Å². The maximum Gasteiger partial charge on any atom is 0.327 e. The average Bonchev–Trinajstić information content (AvgIpc) is 2.83. The zero-order chi connectivity index (χ0) is 9.97. The maximum absolute atomic E-state index is 11.5. The topological polar surface area (TPSA) is 55.8 Å². The van der Waals surface area contributed by atoms with Gasteiger partial charge in [0.2, 0.25) is 0 Å². The van der Waals surface area contributed by atoms with Crippen LogP contribution in [0.1, 0.15) is 25.7 Å². The Labute approximate surface area is 81.9 Å². The SMILES string of the molecule is O=CON1CCC[C@H]1C(=O)OC1CC1. The van der Waals surface area contributed by atoms with Gasteiger partial charge in [0, 0.05) is 6.54 Å². The van der Waals surface area contributed by atoms with Crippen molar-refractivity contribution in [3.05, 3.63) is 0 Å². The molecule has 0 aromatic carbocycles. The molecule has 0 amide bonds. The predicted molar refractivity (Wildman–Crippen MR) is 46.0 cm³/mol. The van der Waals surface area contributed by atoms with E-state index < -0.39 is 0 Å². The van der Waals surface area contributed by atoms with E-state index in [9.17, 15) is 9.59 Å². The molecule has 0 bridgehead atoms. The average molecular weight is 199 g/mol. The number of hydroxylamine groups is 2. The third kappa shape index (κ3) is 2.04. The van der Waals surface area contributed by atoms with Crippen molar-refractivity contribution in [2.45, 2.75) is 37.8 Å². The summed E-state index contributed by atoms with van der Waals surface area (Å²) < 4.78 is 5.15. The van der Waals surface area contributed by atoms with Crippen LogP contribution in [0.15, 0.2) is 0 Å². The molecule has 0 aromatic heterocycles. The van der Waals surface area contributed by atoms with Crippen molar-refractivity contribution < 1.29 is 19.2 Å². The van der Waals surface area contributed by atoms with Gasteiger partial charge in [-0.25, -0.2) is 0 Å². The van der Waals surface area contributed by atoms with E-state index in [1.807, 2.05) is 0 Å². The van der Waals surface area contributed by atoms with Crippen LogP contribution in [0.25, 0.3) is 0 Å². The van der Waals surface area contributed by atoms with Crippen LogP contribution in [0.5, 0.6) is 0 Å². The Hall–Kier alpha value is -1.10. The molecule has 0 aromatic rings. The molecular formula is C9H13NO4. The Morgan fingerprint density at radius 2 is 2.14 bits per heavy atom. The van der Waals surface area contributed by atoms with Crippen molar-refractivity contribution in [2.75, 3.05) is 6.54 Å². The van der Waals surface area contributed by atoms with Crippen LogP contribution < -0.4 is 0 Å². The van der Waals surface area contributed by atoms with Gasteiger partial charge in [-0.05, 0) is 25.7 Å². The van der Waals surface area contributed by atoms with Gasteiger partial charge in [-0.2, -0.15) is 0 Å². The molecule has 5 heteroatoms. The monoisotopic (exact) mass is 199 g/mol. The first-order chi connectivity index (χ1) is 6.81. The fraction of sp³-hybridized carbons (Fsp3) is 0.778. The van der Waals surface area contributed by atoms with E-state index in [1.54, 1.807) is 0 Å². The molecule has 1 aliphatic heterocycles. The number of ether oxygens (including phenoxy) is 1. The molecule has 1 saturated heterocycles. The number of hydrogen-bond donors (Lipinski definition) is 0. The molecule has 0 unspecified atom stereocenters. The Morgan fingerprint density at radius 3 is 2.79 bits per heavy atom. The van der Waals surface area contributed by atoms with E-state index in [2.05, 4.69) is 0 Å². The van der Waals surface area contributed by atoms with Crippen LogP contribution >= 0.6 is 0 Å². The van der Waals surface area contributed by atoms with Crippen molar-refractivity contribution in [1.29, 1.82) is 0 Å². The Kier molecular flexibility index (Phi) is 2.67. The standard InChI is InChI=1S/C9H13NO4/c11-6-13-10-5-1-2-8(10)9(12)14-7-3-4-7/h6-8H,1-5H2/t8-/m0/s1. The van der Waals surface area contributed by atoms with Crippen LogP contribution in [0, 0.1) is 0 Å². The lowest BCUT2D eigenvalue weighted by Gasteiger charge is -2.19. The van der Waals surface area contributed by atoms with Crippen LogP contribution in [-0.4, -0.2) is 36.2 Å². The van der Waals surface area contributed by atoms with E-state index in [-0.39, 0.29) is 18.1 Å². The van der Waals surface area contributed by atoms with Crippen LogP contribution in [0.4, 0.5) is 0 Å². The summed E-state index contributed by atoms with van der Waals surface area (Å²) in [5.74, 6) is -0.258. The second-order valence-corrected chi connectivity index (χ2v) is 3.64. The lowest BCUT2D eigenvalue weighted by atomic mass is 10.2. The van der Waals surface area contributed by atoms with Gasteiger partial charge in [0.25, 0.3) is 0 Å². The summed E-state index contributed by atoms with van der Waals surface area (Å²) in [5.41, 5.74) is 0. The zero-order valence-electron chi connectivity index (χ0n) is 7.85. The quantitative estimate of drug-likeness (QED) is 0.479. The predicted octanol–water partition coefficient (Wildman–Crippen LogP) is 0.244. The number of hydrogen-bond acceptors (Lipinski definition) is 5. The van der Waals surface area contributed by atoms with E-state index in [4.69, 9.17) is 9.57 Å². The molecule has 1 saturated carbocycles. The molecule has 0 spiro atoms. The second kappa shape index (κ2) is 3.96. The molecule has 2 aliphatic rings. The van der Waals surface area contributed by atoms with E-state index in [1.165, 1.54) is 5.06 Å². The largest absolute Gasteiger partial charge is 0.461 e. The fourth-order valence-electron chi connectivity index (χ4n) is 1.59. The summed E-state index contributed by atoms with van der Waals surface area (Å²) >= 11 is 0. The molecule has 2 rings (SSSR count). The van der Waals surface area contributed by atoms with Crippen molar-refractivity contribution in [2.24, 2.45) is 0 Å². The van der Waals surface area contributed by atoms with Crippen molar-refractivity contribution >= 4 is 12.4 Å². The second-order valence-electron chi connectivity index (χ2n) is 3.64. The van der Waals surface area contributed by atoms with Gasteiger partial charge >= 0.3 is 12.4 Å². The van der Waals surface area contributed by atoms with Crippen molar-refractivity contribution in [3.63, 3.8) is 0 Å². The highest BCUT2D eigenvalue weighted by molar-refractivity contribution is 5.76. The Bertz CT molecular complexity index is 239. The highest BCUT2D eigenvalue weighted by atomic mass is 16.7. The molecule has 1 aliphatic carbocycles. The van der Waals surface area contributed by atoms with Gasteiger partial charge in [0.05, 0.1) is 0 Å². The molecule has 0 N–H and O–H groups in total. The van der Waals surface area contributed by atoms with Gasteiger partial charge in [0.1, 0.15) is 12.1 Å². The Balaban J connectivity index is 1.86. The van der Waals surface area contributed by atoms with E-state index >= 15 is 0 Å². The summed E-state index contributed by atoms with van der Waals surface area (Å²) in [6, 6.07) is -0.388. The fourth-order valence-corrected chi connectivity index (χ4v) is 1.59. The van der Waals surface area contributed by atoms with Crippen molar-refractivity contribution in [3.8, 4) is 0 Å². The summed E-state index contributed by atoms with van der Waals surface area (Å²) in [5, 5.41) is 1.40. The zero-order valence-corrected chi connectivity index (χ0v) is 7.85. The maximum atomic E-state index is 11.5. The number of carbonyl (C=O) groups is 2. The Morgan fingerprint density at radius 1 is 1.36 bits per heavy atom. The van der Waals surface area contributed by atoms with Crippen LogP contribution in [-0.2, 0) is 19.2 Å². The molecule has 0 radical (unpaired) electrons. The first-order valence-electron chi connectivity index (χ1n) is 4.89. The molecule has 5 nitrogen and oxygen atoms in total. The highest BCUT2D eigenvalue weighted by Gasteiger charge is 2.37. The third-order valence-electron chi connectivity index (χ3n) is 2.46. The van der Waals surface area contributed by atoms with Gasteiger partial charge in [-0.1, -0.05) is 0 Å². The molecule has 78 valence electrons. The minimum absolute atomic E-state index is 0.112. The summed E-state index contributed by atoms with van der Waals surface area (Å²) in [4.78, 5) is 26.4. The lowest BCUT2D eigenvalue weighted by molar-refractivity contribution is -0.188. The third-order valence-corrected chi connectivity index (χ3v) is 2.46. The van der Waals surface area contributed by atoms with Gasteiger partial charge in [-0.3, -0.25) is 9.59 Å². The molecule has 1 atom stereocenters. The minimum atomic E-state index is -0.388. The summed E-state index contributed by atoms with van der Waals surface area (Å²) in [6.07, 6.45) is 3.61. The van der Waals surface area contributed by atoms with E-state index in [0.29, 0.717) is 19.4 Å². The first kappa shape index (κ1) is 9.45. The van der Waals surface area contributed by atoms with Gasteiger partial charge in [-0.15, -0.1) is 5.06 Å². The first-order valence-corrected chi connectivity index (χ1v) is 4.89. The molecule has 1 heterocycles. The number of carbonyl (C=O) groups excluding carboxylic acids is 2. The van der Waals surface area contributed by atoms with Crippen LogP contribution in [0.2, 0.25) is 0 Å². The lowest BCUT2D eigenvalue weighted by Crippen LogP contribution is -2.37. The number of rotatable bonds is 4. The highest BCUT2D eigenvalue weighted by Crippen LogP contribution is 2.26. The summed E-state index contributed by atoms with van der Waals surface area (Å²) in [7, 11) is 0. The smallest absolute Gasteiger partial charge is 0.327 e.